The third kappa shape index (κ3) is 5.09. The van der Waals surface area contributed by atoms with Crippen LogP contribution >= 0.6 is 34.5 Å². The van der Waals surface area contributed by atoms with E-state index in [2.05, 4.69) is 10.3 Å². The highest BCUT2D eigenvalue weighted by atomic mass is 35.5. The van der Waals surface area contributed by atoms with Gasteiger partial charge in [-0.1, -0.05) is 29.3 Å². The number of amides is 2. The number of rotatable bonds is 6. The highest BCUT2D eigenvalue weighted by Gasteiger charge is 2.22. The van der Waals surface area contributed by atoms with Crippen LogP contribution in [0.3, 0.4) is 0 Å². The Hall–Kier alpha value is -1.83. The van der Waals surface area contributed by atoms with E-state index in [0.717, 1.165) is 0 Å². The fourth-order valence-electron chi connectivity index (χ4n) is 2.11. The molecule has 2 amide bonds. The summed E-state index contributed by atoms with van der Waals surface area (Å²) >= 11 is 13.5. The van der Waals surface area contributed by atoms with Gasteiger partial charge in [-0.15, -0.1) is 11.3 Å². The first kappa shape index (κ1) is 20.5. The van der Waals surface area contributed by atoms with Gasteiger partial charge in [0.15, 0.2) is 5.69 Å². The second-order valence-corrected chi connectivity index (χ2v) is 7.35. The van der Waals surface area contributed by atoms with Crippen molar-refractivity contribution < 1.29 is 14.3 Å². The smallest absolute Gasteiger partial charge is 0.357 e. The Balaban J connectivity index is 2.14. The summed E-state index contributed by atoms with van der Waals surface area (Å²) in [5.74, 6) is -0.474. The first-order valence-corrected chi connectivity index (χ1v) is 9.60. The molecule has 1 aromatic heterocycles. The zero-order chi connectivity index (χ0) is 19.3. The zero-order valence-electron chi connectivity index (χ0n) is 14.6. The van der Waals surface area contributed by atoms with Gasteiger partial charge in [0.05, 0.1) is 28.9 Å². The lowest BCUT2D eigenvalue weighted by Crippen LogP contribution is -2.39. The number of carbonyl (C=O) groups is 2. The van der Waals surface area contributed by atoms with Gasteiger partial charge >= 0.3 is 12.0 Å². The molecule has 0 fully saturated rings. The Kier molecular flexibility index (Phi) is 7.25. The van der Waals surface area contributed by atoms with E-state index in [0.29, 0.717) is 20.7 Å². The second-order valence-electron chi connectivity index (χ2n) is 5.60. The number of benzene rings is 1. The largest absolute Gasteiger partial charge is 0.461 e. The van der Waals surface area contributed by atoms with E-state index in [1.54, 1.807) is 35.4 Å². The maximum absolute atomic E-state index is 12.7. The minimum absolute atomic E-state index is 0.105. The standard InChI is InChI=1S/C17H19Cl2N3O3S/c1-4-25-16(23)13-9-26-14(20-13)8-22(10(2)3)17(24)21-15-11(18)6-5-7-12(15)19/h5-7,9-10H,4,8H2,1-3H3,(H,21,24). The zero-order valence-corrected chi connectivity index (χ0v) is 16.9. The van der Waals surface area contributed by atoms with Crippen LogP contribution in [0.15, 0.2) is 23.6 Å². The fraction of sp³-hybridized carbons (Fsp3) is 0.353. The fourth-order valence-corrected chi connectivity index (χ4v) is 3.37. The van der Waals surface area contributed by atoms with Gasteiger partial charge in [-0.2, -0.15) is 0 Å². The maximum Gasteiger partial charge on any atom is 0.357 e. The van der Waals surface area contributed by atoms with E-state index in [-0.39, 0.29) is 30.9 Å². The predicted molar refractivity (Wildman–Crippen MR) is 104 cm³/mol. The van der Waals surface area contributed by atoms with Crippen LogP contribution in [0.5, 0.6) is 0 Å². The Morgan fingerprint density at radius 3 is 2.54 bits per heavy atom. The molecule has 9 heteroatoms. The van der Waals surface area contributed by atoms with E-state index in [1.165, 1.54) is 11.3 Å². The second kappa shape index (κ2) is 9.21. The molecular formula is C17H19Cl2N3O3S. The highest BCUT2D eigenvalue weighted by molar-refractivity contribution is 7.09. The molecule has 26 heavy (non-hydrogen) atoms. The highest BCUT2D eigenvalue weighted by Crippen LogP contribution is 2.30. The van der Waals surface area contributed by atoms with Crippen molar-refractivity contribution in [3.05, 3.63) is 44.3 Å². The first-order chi connectivity index (χ1) is 12.3. The number of carbonyl (C=O) groups excluding carboxylic acids is 2. The van der Waals surface area contributed by atoms with Crippen molar-refractivity contribution in [1.82, 2.24) is 9.88 Å². The van der Waals surface area contributed by atoms with Crippen molar-refractivity contribution >= 4 is 52.2 Å². The SMILES string of the molecule is CCOC(=O)c1csc(CN(C(=O)Nc2c(Cl)cccc2Cl)C(C)C)n1. The van der Waals surface area contributed by atoms with Crippen LogP contribution in [0.2, 0.25) is 10.0 Å². The number of thiazole rings is 1. The number of nitrogens with one attached hydrogen (secondary N) is 1. The molecule has 140 valence electrons. The van der Waals surface area contributed by atoms with Crippen LogP contribution in [-0.2, 0) is 11.3 Å². The molecule has 0 bridgehead atoms. The van der Waals surface area contributed by atoms with E-state index in [1.807, 2.05) is 13.8 Å². The summed E-state index contributed by atoms with van der Waals surface area (Å²) in [6.07, 6.45) is 0. The van der Waals surface area contributed by atoms with Crippen molar-refractivity contribution in [2.45, 2.75) is 33.4 Å². The molecule has 0 atom stereocenters. The van der Waals surface area contributed by atoms with Gasteiger partial charge < -0.3 is 15.0 Å². The molecule has 0 spiro atoms. The first-order valence-electron chi connectivity index (χ1n) is 7.96. The average molecular weight is 416 g/mol. The van der Waals surface area contributed by atoms with Crippen LogP contribution in [0, 0.1) is 0 Å². The van der Waals surface area contributed by atoms with Gasteiger partial charge in [0.1, 0.15) is 5.01 Å². The third-order valence-electron chi connectivity index (χ3n) is 3.42. The summed E-state index contributed by atoms with van der Waals surface area (Å²) in [6.45, 7) is 6.03. The van der Waals surface area contributed by atoms with Crippen LogP contribution in [0.4, 0.5) is 10.5 Å². The van der Waals surface area contributed by atoms with Crippen molar-refractivity contribution in [3.8, 4) is 0 Å². The third-order valence-corrected chi connectivity index (χ3v) is 4.88. The lowest BCUT2D eigenvalue weighted by atomic mass is 10.3. The number of ether oxygens (including phenoxy) is 1. The summed E-state index contributed by atoms with van der Waals surface area (Å²) in [5.41, 5.74) is 0.600. The number of hydrogen-bond acceptors (Lipinski definition) is 5. The minimum Gasteiger partial charge on any atom is -0.461 e. The van der Waals surface area contributed by atoms with Gasteiger partial charge in [0.2, 0.25) is 0 Å². The molecule has 0 unspecified atom stereocenters. The molecular weight excluding hydrogens is 397 g/mol. The molecule has 0 saturated carbocycles. The molecule has 0 aliphatic carbocycles. The van der Waals surface area contributed by atoms with E-state index >= 15 is 0 Å². The number of nitrogens with zero attached hydrogens (tertiary/aromatic N) is 2. The normalized spacial score (nSPS) is 10.7. The number of hydrogen-bond donors (Lipinski definition) is 1. The Morgan fingerprint density at radius 2 is 1.96 bits per heavy atom. The van der Waals surface area contributed by atoms with Gasteiger partial charge in [0, 0.05) is 11.4 Å². The summed E-state index contributed by atoms with van der Waals surface area (Å²) in [7, 11) is 0. The molecule has 1 N–H and O–H groups in total. The van der Waals surface area contributed by atoms with Crippen LogP contribution in [-0.4, -0.2) is 34.5 Å². The van der Waals surface area contributed by atoms with Crippen LogP contribution in [0.1, 0.15) is 36.3 Å². The Morgan fingerprint density at radius 1 is 1.31 bits per heavy atom. The molecule has 0 aliphatic heterocycles. The molecule has 2 rings (SSSR count). The van der Waals surface area contributed by atoms with Crippen LogP contribution in [0.25, 0.3) is 0 Å². The van der Waals surface area contributed by atoms with E-state index in [4.69, 9.17) is 27.9 Å². The maximum atomic E-state index is 12.7. The predicted octanol–water partition coefficient (Wildman–Crippen LogP) is 5.07. The summed E-state index contributed by atoms with van der Waals surface area (Å²) in [5, 5.41) is 5.70. The number of halogens is 2. The van der Waals surface area contributed by atoms with Crippen molar-refractivity contribution in [3.63, 3.8) is 0 Å². The molecule has 1 aromatic carbocycles. The average Bonchev–Trinajstić information content (AvgIpc) is 3.05. The number of esters is 1. The lowest BCUT2D eigenvalue weighted by molar-refractivity contribution is 0.0520. The molecule has 2 aromatic rings. The van der Waals surface area contributed by atoms with E-state index in [9.17, 15) is 9.59 Å². The molecule has 0 saturated heterocycles. The lowest BCUT2D eigenvalue weighted by Gasteiger charge is -2.26. The number of para-hydroxylation sites is 1. The molecule has 1 heterocycles. The van der Waals surface area contributed by atoms with Crippen molar-refractivity contribution in [2.75, 3.05) is 11.9 Å². The quantitative estimate of drug-likeness (QED) is 0.668. The summed E-state index contributed by atoms with van der Waals surface area (Å²) in [6, 6.07) is 4.53. The Bertz CT molecular complexity index is 775. The topological polar surface area (TPSA) is 71.5 Å². The van der Waals surface area contributed by atoms with Gasteiger partial charge in [-0.3, -0.25) is 0 Å². The molecule has 0 radical (unpaired) electrons. The van der Waals surface area contributed by atoms with E-state index < -0.39 is 5.97 Å². The molecule has 6 nitrogen and oxygen atoms in total. The number of anilines is 1. The molecule has 0 aliphatic rings. The van der Waals surface area contributed by atoms with Gasteiger partial charge in [0.25, 0.3) is 0 Å². The van der Waals surface area contributed by atoms with Gasteiger partial charge in [-0.25, -0.2) is 14.6 Å². The number of aromatic nitrogens is 1. The minimum atomic E-state index is -0.474. The Labute approximate surface area is 166 Å². The van der Waals surface area contributed by atoms with Crippen LogP contribution < -0.4 is 5.32 Å². The van der Waals surface area contributed by atoms with Gasteiger partial charge in [-0.05, 0) is 32.9 Å². The monoisotopic (exact) mass is 415 g/mol. The van der Waals surface area contributed by atoms with Crippen molar-refractivity contribution in [1.29, 1.82) is 0 Å². The van der Waals surface area contributed by atoms with Crippen molar-refractivity contribution in [2.24, 2.45) is 0 Å². The number of urea groups is 1. The summed E-state index contributed by atoms with van der Waals surface area (Å²) in [4.78, 5) is 30.2. The summed E-state index contributed by atoms with van der Waals surface area (Å²) < 4.78 is 4.93.